The number of ether oxygens (including phenoxy) is 2. The maximum atomic E-state index is 13.2. The van der Waals surface area contributed by atoms with E-state index in [1.165, 1.54) is 6.26 Å². The molecule has 3 N–H and O–H groups in total. The molecule has 0 saturated carbocycles. The molecule has 35 heavy (non-hydrogen) atoms. The van der Waals surface area contributed by atoms with E-state index >= 15 is 0 Å². The molecule has 10 heteroatoms. The summed E-state index contributed by atoms with van der Waals surface area (Å²) < 4.78 is 36.7. The predicted molar refractivity (Wildman–Crippen MR) is 136 cm³/mol. The molecular weight excluding hydrogens is 466 g/mol. The molecule has 0 radical (unpaired) electrons. The highest BCUT2D eigenvalue weighted by Crippen LogP contribution is 2.42. The third-order valence-electron chi connectivity index (χ3n) is 7.35. The van der Waals surface area contributed by atoms with E-state index in [-0.39, 0.29) is 6.04 Å². The lowest BCUT2D eigenvalue weighted by Gasteiger charge is -2.39. The number of nitrogens with two attached hydrogens (primary N) is 1. The van der Waals surface area contributed by atoms with Crippen LogP contribution in [-0.4, -0.2) is 68.6 Å². The largest absolute Gasteiger partial charge is 0.381 e. The summed E-state index contributed by atoms with van der Waals surface area (Å²) in [6, 6.07) is 9.87. The molecule has 3 aromatic heterocycles. The van der Waals surface area contributed by atoms with Gasteiger partial charge in [0, 0.05) is 38.3 Å². The number of H-pyrrole nitrogens is 1. The topological polar surface area (TPSA) is 123 Å². The molecule has 1 atom stereocenters. The van der Waals surface area contributed by atoms with Crippen molar-refractivity contribution in [3.8, 4) is 11.4 Å². The van der Waals surface area contributed by atoms with Crippen LogP contribution in [0.2, 0.25) is 0 Å². The lowest BCUT2D eigenvalue weighted by Crippen LogP contribution is -2.46. The van der Waals surface area contributed by atoms with Gasteiger partial charge in [0.25, 0.3) is 0 Å². The molecular formula is C25H33N5O4S. The Morgan fingerprint density at radius 3 is 2.63 bits per heavy atom. The maximum Gasteiger partial charge on any atom is 0.157 e. The van der Waals surface area contributed by atoms with Gasteiger partial charge in [-0.15, -0.1) is 0 Å². The molecule has 5 heterocycles. The number of hydrogen-bond acceptors (Lipinski definition) is 8. The van der Waals surface area contributed by atoms with E-state index in [0.717, 1.165) is 34.5 Å². The number of morpholine rings is 1. The Labute approximate surface area is 206 Å². The van der Waals surface area contributed by atoms with Gasteiger partial charge in [0.2, 0.25) is 0 Å². The van der Waals surface area contributed by atoms with E-state index < -0.39 is 14.6 Å². The van der Waals surface area contributed by atoms with Crippen molar-refractivity contribution < 1.29 is 17.9 Å². The zero-order valence-corrected chi connectivity index (χ0v) is 21.1. The van der Waals surface area contributed by atoms with Gasteiger partial charge in [-0.05, 0) is 55.2 Å². The second-order valence-corrected chi connectivity index (χ2v) is 11.8. The monoisotopic (exact) mass is 499 g/mol. The number of sulfone groups is 1. The van der Waals surface area contributed by atoms with Gasteiger partial charge in [-0.25, -0.2) is 18.4 Å². The minimum Gasteiger partial charge on any atom is -0.381 e. The Morgan fingerprint density at radius 1 is 1.11 bits per heavy atom. The lowest BCUT2D eigenvalue weighted by molar-refractivity contribution is 0.0741. The highest BCUT2D eigenvalue weighted by molar-refractivity contribution is 7.91. The van der Waals surface area contributed by atoms with Gasteiger partial charge >= 0.3 is 0 Å². The number of aromatic amines is 1. The zero-order chi connectivity index (χ0) is 24.6. The molecule has 0 bridgehead atoms. The van der Waals surface area contributed by atoms with E-state index in [1.807, 2.05) is 30.3 Å². The summed E-state index contributed by atoms with van der Waals surface area (Å²) in [7, 11) is -3.43. The van der Waals surface area contributed by atoms with Crippen molar-refractivity contribution in [1.82, 2.24) is 15.0 Å². The molecule has 2 aliphatic rings. The third kappa shape index (κ3) is 4.44. The van der Waals surface area contributed by atoms with E-state index in [2.05, 4.69) is 16.8 Å². The number of rotatable bonds is 6. The first-order chi connectivity index (χ1) is 16.8. The van der Waals surface area contributed by atoms with Crippen molar-refractivity contribution >= 4 is 26.7 Å². The molecule has 1 unspecified atom stereocenters. The Hall–Kier alpha value is -2.53. The highest BCUT2D eigenvalue weighted by atomic mass is 32.2. The summed E-state index contributed by atoms with van der Waals surface area (Å²) in [5, 5.41) is 0. The molecule has 0 aromatic carbocycles. The summed E-state index contributed by atoms with van der Waals surface area (Å²) in [6.45, 7) is 5.28. The van der Waals surface area contributed by atoms with Crippen molar-refractivity contribution in [2.75, 3.05) is 44.1 Å². The molecule has 2 fully saturated rings. The van der Waals surface area contributed by atoms with Gasteiger partial charge in [0.1, 0.15) is 10.6 Å². The van der Waals surface area contributed by atoms with E-state index in [9.17, 15) is 8.42 Å². The van der Waals surface area contributed by atoms with Gasteiger partial charge in [0.05, 0.1) is 41.7 Å². The molecule has 0 amide bonds. The fourth-order valence-corrected chi connectivity index (χ4v) is 6.70. The second-order valence-electron chi connectivity index (χ2n) is 9.44. The van der Waals surface area contributed by atoms with Crippen molar-refractivity contribution in [2.24, 2.45) is 5.73 Å². The molecule has 2 aliphatic heterocycles. The van der Waals surface area contributed by atoms with Crippen LogP contribution in [0.1, 0.15) is 37.4 Å². The van der Waals surface area contributed by atoms with Crippen molar-refractivity contribution in [3.63, 3.8) is 0 Å². The Bertz CT molecular complexity index is 1320. The van der Waals surface area contributed by atoms with Crippen LogP contribution < -0.4 is 10.6 Å². The van der Waals surface area contributed by atoms with Crippen LogP contribution in [0.3, 0.4) is 0 Å². The Balaban J connectivity index is 1.69. The van der Waals surface area contributed by atoms with E-state index in [0.29, 0.717) is 63.7 Å². The number of hydrogen-bond donors (Lipinski definition) is 2. The van der Waals surface area contributed by atoms with Crippen LogP contribution in [0, 0.1) is 0 Å². The van der Waals surface area contributed by atoms with Gasteiger partial charge in [-0.3, -0.25) is 0 Å². The fourth-order valence-electron chi connectivity index (χ4n) is 5.24. The SMILES string of the molecule is CCC1COCCN1c1cc(C2(S(C)(=O)=O)CCOCC2)cc(-c2ccc3[nH]c(CN)cc3n2)n1. The van der Waals surface area contributed by atoms with Crippen LogP contribution in [0.4, 0.5) is 5.82 Å². The minimum atomic E-state index is -3.43. The van der Waals surface area contributed by atoms with Crippen LogP contribution in [-0.2, 0) is 30.6 Å². The smallest absolute Gasteiger partial charge is 0.157 e. The summed E-state index contributed by atoms with van der Waals surface area (Å²) in [5.41, 5.74) is 10.5. The molecule has 2 saturated heterocycles. The summed E-state index contributed by atoms with van der Waals surface area (Å²) >= 11 is 0. The maximum absolute atomic E-state index is 13.2. The third-order valence-corrected chi connectivity index (χ3v) is 9.42. The fraction of sp³-hybridized carbons (Fsp3) is 0.520. The van der Waals surface area contributed by atoms with Crippen LogP contribution in [0.5, 0.6) is 0 Å². The number of pyridine rings is 2. The Kier molecular flexibility index (Phi) is 6.56. The van der Waals surface area contributed by atoms with Crippen LogP contribution >= 0.6 is 0 Å². The average molecular weight is 500 g/mol. The van der Waals surface area contributed by atoms with Gasteiger partial charge in [-0.2, -0.15) is 0 Å². The molecule has 3 aromatic rings. The summed E-state index contributed by atoms with van der Waals surface area (Å²) in [5.74, 6) is 0.765. The molecule has 0 aliphatic carbocycles. The standard InChI is InChI=1S/C25H33N5O4S/c1-3-19-16-34-11-8-30(19)24-13-17(25(35(2,31)32)6-9-33-10-7-25)12-22(29-24)21-5-4-20-23(28-21)14-18(15-26)27-20/h4-5,12-14,19,27H,3,6-11,15-16,26H2,1-2H3. The van der Waals surface area contributed by atoms with Crippen molar-refractivity contribution in [2.45, 2.75) is 43.5 Å². The molecule has 188 valence electrons. The average Bonchev–Trinajstić information content (AvgIpc) is 3.31. The number of fused-ring (bicyclic) bond motifs is 1. The molecule has 9 nitrogen and oxygen atoms in total. The first-order valence-electron chi connectivity index (χ1n) is 12.2. The van der Waals surface area contributed by atoms with Gasteiger partial charge in [0.15, 0.2) is 9.84 Å². The van der Waals surface area contributed by atoms with Crippen molar-refractivity contribution in [1.29, 1.82) is 0 Å². The number of aromatic nitrogens is 3. The minimum absolute atomic E-state index is 0.176. The van der Waals surface area contributed by atoms with Crippen molar-refractivity contribution in [3.05, 3.63) is 41.6 Å². The summed E-state index contributed by atoms with van der Waals surface area (Å²) in [4.78, 5) is 15.4. The number of nitrogens with one attached hydrogen (secondary N) is 1. The first kappa shape index (κ1) is 24.2. The Morgan fingerprint density at radius 2 is 1.91 bits per heavy atom. The van der Waals surface area contributed by atoms with Crippen LogP contribution in [0.25, 0.3) is 22.4 Å². The summed E-state index contributed by atoms with van der Waals surface area (Å²) in [6.07, 6.45) is 3.07. The quantitative estimate of drug-likeness (QED) is 0.531. The van der Waals surface area contributed by atoms with Crippen LogP contribution in [0.15, 0.2) is 30.3 Å². The molecule has 5 rings (SSSR count). The zero-order valence-electron chi connectivity index (χ0n) is 20.3. The number of nitrogens with zero attached hydrogens (tertiary/aromatic N) is 3. The van der Waals surface area contributed by atoms with E-state index in [1.54, 1.807) is 0 Å². The van der Waals surface area contributed by atoms with E-state index in [4.69, 9.17) is 25.2 Å². The van der Waals surface area contributed by atoms with Gasteiger partial charge < -0.3 is 25.1 Å². The highest BCUT2D eigenvalue weighted by Gasteiger charge is 2.44. The van der Waals surface area contributed by atoms with Gasteiger partial charge in [-0.1, -0.05) is 6.92 Å². The number of anilines is 1. The molecule has 0 spiro atoms. The first-order valence-corrected chi connectivity index (χ1v) is 14.1. The predicted octanol–water partition coefficient (Wildman–Crippen LogP) is 2.75. The normalized spacial score (nSPS) is 20.9. The second kappa shape index (κ2) is 9.50. The lowest BCUT2D eigenvalue weighted by atomic mass is 9.90.